The van der Waals surface area contributed by atoms with Crippen LogP contribution in [0.2, 0.25) is 0 Å². The molecule has 4 rings (SSSR count). The lowest BCUT2D eigenvalue weighted by Crippen LogP contribution is -2.31. The fraction of sp³-hybridized carbons (Fsp3) is 0.364. The van der Waals surface area contributed by atoms with Crippen LogP contribution in [0.4, 0.5) is 16.0 Å². The summed E-state index contributed by atoms with van der Waals surface area (Å²) in [7, 11) is 0. The minimum absolute atomic E-state index is 0.0681. The third kappa shape index (κ3) is 4.82. The summed E-state index contributed by atoms with van der Waals surface area (Å²) < 4.78 is 21.2. The molecule has 162 valence electrons. The first kappa shape index (κ1) is 20.8. The fourth-order valence-electron chi connectivity index (χ4n) is 3.56. The molecule has 9 heteroatoms. The summed E-state index contributed by atoms with van der Waals surface area (Å²) in [6.45, 7) is 5.91. The number of nitrogens with one attached hydrogen (secondary N) is 1. The zero-order valence-electron chi connectivity index (χ0n) is 17.6. The minimum atomic E-state index is -0.434. The predicted octanol–water partition coefficient (Wildman–Crippen LogP) is 3.55. The molecule has 0 unspecified atom stereocenters. The third-order valence-corrected chi connectivity index (χ3v) is 5.12. The van der Waals surface area contributed by atoms with Crippen LogP contribution in [0.5, 0.6) is 5.75 Å². The van der Waals surface area contributed by atoms with E-state index >= 15 is 0 Å². The van der Waals surface area contributed by atoms with Crippen molar-refractivity contribution in [2.75, 3.05) is 25.0 Å². The second-order valence-corrected chi connectivity index (χ2v) is 7.44. The molecule has 3 aromatic rings. The van der Waals surface area contributed by atoms with Gasteiger partial charge in [0.05, 0.1) is 24.2 Å². The highest BCUT2D eigenvalue weighted by Crippen LogP contribution is 2.27. The number of rotatable bonds is 7. The van der Waals surface area contributed by atoms with Crippen molar-refractivity contribution < 1.29 is 13.9 Å². The summed E-state index contributed by atoms with van der Waals surface area (Å²) in [6.07, 6.45) is 7.16. The standard InChI is InChI=1S/C22H25FN6O2/c1-3-31-19-7-6-16(10-18(19)23)21-15(2)11-24-22(27-21)26-17-12-25-29(13-17)14-20(30)28-8-4-5-9-28/h6-7,10-13H,3-5,8-9,14H2,1-2H3,(H,24,26,27). The molecule has 0 atom stereocenters. The first-order valence-electron chi connectivity index (χ1n) is 10.4. The van der Waals surface area contributed by atoms with E-state index in [2.05, 4.69) is 20.4 Å². The Bertz CT molecular complexity index is 1080. The van der Waals surface area contributed by atoms with E-state index in [1.807, 2.05) is 18.7 Å². The van der Waals surface area contributed by atoms with E-state index in [1.165, 1.54) is 6.07 Å². The second kappa shape index (κ2) is 9.11. The molecule has 0 radical (unpaired) electrons. The van der Waals surface area contributed by atoms with Gasteiger partial charge < -0.3 is 15.0 Å². The SMILES string of the molecule is CCOc1ccc(-c2nc(Nc3cnn(CC(=O)N4CCCC4)c3)ncc2C)cc1F. The lowest BCUT2D eigenvalue weighted by atomic mass is 10.1. The molecule has 8 nitrogen and oxygen atoms in total. The van der Waals surface area contributed by atoms with Gasteiger partial charge in [0.2, 0.25) is 11.9 Å². The van der Waals surface area contributed by atoms with Crippen molar-refractivity contribution in [3.8, 4) is 17.0 Å². The molecule has 1 aliphatic heterocycles. The normalized spacial score (nSPS) is 13.5. The van der Waals surface area contributed by atoms with Gasteiger partial charge in [0.15, 0.2) is 11.6 Å². The number of benzene rings is 1. The Morgan fingerprint density at radius 3 is 2.81 bits per heavy atom. The molecule has 0 spiro atoms. The quantitative estimate of drug-likeness (QED) is 0.624. The highest BCUT2D eigenvalue weighted by atomic mass is 19.1. The van der Waals surface area contributed by atoms with Crippen LogP contribution in [0.3, 0.4) is 0 Å². The largest absolute Gasteiger partial charge is 0.491 e. The highest BCUT2D eigenvalue weighted by Gasteiger charge is 2.18. The van der Waals surface area contributed by atoms with Gasteiger partial charge in [-0.3, -0.25) is 9.48 Å². The zero-order chi connectivity index (χ0) is 21.8. The van der Waals surface area contributed by atoms with Gasteiger partial charge in [0, 0.05) is 31.0 Å². The fourth-order valence-corrected chi connectivity index (χ4v) is 3.56. The Morgan fingerprint density at radius 1 is 1.26 bits per heavy atom. The number of halogens is 1. The number of carbonyl (C=O) groups is 1. The summed E-state index contributed by atoms with van der Waals surface area (Å²) >= 11 is 0. The summed E-state index contributed by atoms with van der Waals surface area (Å²) in [5.41, 5.74) is 2.75. The van der Waals surface area contributed by atoms with Crippen molar-refractivity contribution in [3.05, 3.63) is 48.2 Å². The molecule has 0 bridgehead atoms. The van der Waals surface area contributed by atoms with Crippen molar-refractivity contribution in [1.82, 2.24) is 24.6 Å². The summed E-state index contributed by atoms with van der Waals surface area (Å²) in [5.74, 6) is 0.210. The van der Waals surface area contributed by atoms with Crippen LogP contribution in [0.15, 0.2) is 36.8 Å². The molecule has 31 heavy (non-hydrogen) atoms. The number of aromatic nitrogens is 4. The van der Waals surface area contributed by atoms with E-state index in [0.29, 0.717) is 29.5 Å². The molecule has 0 aliphatic carbocycles. The number of nitrogens with zero attached hydrogens (tertiary/aromatic N) is 5. The van der Waals surface area contributed by atoms with E-state index in [4.69, 9.17) is 4.74 Å². The average molecular weight is 424 g/mol. The van der Waals surface area contributed by atoms with Gasteiger partial charge in [-0.1, -0.05) is 0 Å². The maximum atomic E-state index is 14.3. The molecular weight excluding hydrogens is 399 g/mol. The summed E-state index contributed by atoms with van der Waals surface area (Å²) in [5, 5.41) is 7.35. The number of hydrogen-bond donors (Lipinski definition) is 1. The van der Waals surface area contributed by atoms with Gasteiger partial charge >= 0.3 is 0 Å². The van der Waals surface area contributed by atoms with Gasteiger partial charge in [-0.05, 0) is 50.5 Å². The molecule has 2 aromatic heterocycles. The summed E-state index contributed by atoms with van der Waals surface area (Å²) in [4.78, 5) is 23.0. The number of hydrogen-bond acceptors (Lipinski definition) is 6. The van der Waals surface area contributed by atoms with E-state index in [1.54, 1.807) is 35.4 Å². The Balaban J connectivity index is 1.48. The van der Waals surface area contributed by atoms with Crippen LogP contribution in [0.25, 0.3) is 11.3 Å². The number of likely N-dealkylation sites (tertiary alicyclic amines) is 1. The Kier molecular flexibility index (Phi) is 6.11. The molecule has 3 heterocycles. The Hall–Kier alpha value is -3.49. The van der Waals surface area contributed by atoms with Crippen LogP contribution in [-0.2, 0) is 11.3 Å². The van der Waals surface area contributed by atoms with Gasteiger partial charge in [0.25, 0.3) is 0 Å². The second-order valence-electron chi connectivity index (χ2n) is 7.44. The predicted molar refractivity (Wildman–Crippen MR) is 115 cm³/mol. The van der Waals surface area contributed by atoms with Crippen molar-refractivity contribution in [2.45, 2.75) is 33.2 Å². The van der Waals surface area contributed by atoms with Crippen LogP contribution in [-0.4, -0.2) is 50.3 Å². The van der Waals surface area contributed by atoms with Crippen LogP contribution in [0, 0.1) is 12.7 Å². The maximum Gasteiger partial charge on any atom is 0.244 e. The topological polar surface area (TPSA) is 85.2 Å². The highest BCUT2D eigenvalue weighted by molar-refractivity contribution is 5.76. The van der Waals surface area contributed by atoms with Crippen molar-refractivity contribution in [3.63, 3.8) is 0 Å². The number of anilines is 2. The first-order valence-corrected chi connectivity index (χ1v) is 10.4. The molecule has 1 aromatic carbocycles. The molecular formula is C22H25FN6O2. The van der Waals surface area contributed by atoms with E-state index < -0.39 is 5.82 Å². The smallest absolute Gasteiger partial charge is 0.244 e. The van der Waals surface area contributed by atoms with Crippen molar-refractivity contribution in [1.29, 1.82) is 0 Å². The molecule has 1 saturated heterocycles. The first-order chi connectivity index (χ1) is 15.0. The lowest BCUT2D eigenvalue weighted by Gasteiger charge is -2.14. The van der Waals surface area contributed by atoms with Crippen molar-refractivity contribution >= 4 is 17.5 Å². The Labute approximate surface area is 180 Å². The number of carbonyl (C=O) groups excluding carboxylic acids is 1. The van der Waals surface area contributed by atoms with Crippen LogP contribution < -0.4 is 10.1 Å². The zero-order valence-corrected chi connectivity index (χ0v) is 17.6. The van der Waals surface area contributed by atoms with Crippen molar-refractivity contribution in [2.24, 2.45) is 0 Å². The molecule has 1 fully saturated rings. The van der Waals surface area contributed by atoms with Gasteiger partial charge in [-0.25, -0.2) is 14.4 Å². The summed E-state index contributed by atoms with van der Waals surface area (Å²) in [6, 6.07) is 4.78. The van der Waals surface area contributed by atoms with Crippen LogP contribution >= 0.6 is 0 Å². The van der Waals surface area contributed by atoms with Crippen LogP contribution in [0.1, 0.15) is 25.3 Å². The maximum absolute atomic E-state index is 14.3. The monoisotopic (exact) mass is 424 g/mol. The van der Waals surface area contributed by atoms with Gasteiger partial charge in [-0.2, -0.15) is 5.10 Å². The van der Waals surface area contributed by atoms with E-state index in [-0.39, 0.29) is 18.2 Å². The van der Waals surface area contributed by atoms with E-state index in [0.717, 1.165) is 31.5 Å². The Morgan fingerprint density at radius 2 is 2.06 bits per heavy atom. The number of aryl methyl sites for hydroxylation is 1. The molecule has 1 N–H and O–H groups in total. The van der Waals surface area contributed by atoms with E-state index in [9.17, 15) is 9.18 Å². The molecule has 1 amide bonds. The minimum Gasteiger partial charge on any atom is -0.491 e. The average Bonchev–Trinajstić information content (AvgIpc) is 3.43. The van der Waals surface area contributed by atoms with Gasteiger partial charge in [0.1, 0.15) is 6.54 Å². The number of ether oxygens (including phenoxy) is 1. The molecule has 1 aliphatic rings. The third-order valence-electron chi connectivity index (χ3n) is 5.12. The number of amides is 1. The molecule has 0 saturated carbocycles. The van der Waals surface area contributed by atoms with Gasteiger partial charge in [-0.15, -0.1) is 0 Å². The lowest BCUT2D eigenvalue weighted by molar-refractivity contribution is -0.130.